The molecule has 0 radical (unpaired) electrons. The molecule has 25 heavy (non-hydrogen) atoms. The first-order valence-corrected chi connectivity index (χ1v) is 9.77. The summed E-state index contributed by atoms with van der Waals surface area (Å²) in [6.45, 7) is 1.84. The smallest absolute Gasteiger partial charge is 0.119 e. The molecule has 1 N–H and O–H groups in total. The van der Waals surface area contributed by atoms with Crippen LogP contribution in [-0.2, 0) is 25.9 Å². The van der Waals surface area contributed by atoms with Gasteiger partial charge in [-0.3, -0.25) is 10.00 Å². The molecule has 0 spiro atoms. The van der Waals surface area contributed by atoms with Crippen molar-refractivity contribution in [3.8, 4) is 5.75 Å². The van der Waals surface area contributed by atoms with Gasteiger partial charge >= 0.3 is 0 Å². The summed E-state index contributed by atoms with van der Waals surface area (Å²) in [4.78, 5) is 2.35. The minimum absolute atomic E-state index is 0.430. The zero-order valence-corrected chi connectivity index (χ0v) is 15.3. The Balaban J connectivity index is 1.32. The van der Waals surface area contributed by atoms with Crippen LogP contribution in [0.2, 0.25) is 0 Å². The van der Waals surface area contributed by atoms with Crippen molar-refractivity contribution in [2.75, 3.05) is 7.05 Å². The van der Waals surface area contributed by atoms with Gasteiger partial charge in [0.15, 0.2) is 0 Å². The number of hydrogen-bond donors (Lipinski definition) is 1. The predicted molar refractivity (Wildman–Crippen MR) is 99.7 cm³/mol. The third-order valence-corrected chi connectivity index (χ3v) is 5.54. The highest BCUT2D eigenvalue weighted by atomic mass is 16.5. The molecule has 0 bridgehead atoms. The Morgan fingerprint density at radius 1 is 1.04 bits per heavy atom. The molecule has 134 valence electrons. The van der Waals surface area contributed by atoms with E-state index in [1.807, 2.05) is 0 Å². The summed E-state index contributed by atoms with van der Waals surface area (Å²) in [5, 5.41) is 7.81. The summed E-state index contributed by atoms with van der Waals surface area (Å²) in [6.07, 6.45) is 10.4. The molecule has 0 amide bonds. The lowest BCUT2D eigenvalue weighted by atomic mass is 9.96. The van der Waals surface area contributed by atoms with Crippen molar-refractivity contribution >= 4 is 0 Å². The van der Waals surface area contributed by atoms with Crippen LogP contribution in [0.15, 0.2) is 24.3 Å². The average molecular weight is 339 g/mol. The van der Waals surface area contributed by atoms with Gasteiger partial charge in [0.05, 0.1) is 11.8 Å². The van der Waals surface area contributed by atoms with Crippen molar-refractivity contribution < 1.29 is 4.74 Å². The zero-order valence-electron chi connectivity index (χ0n) is 15.3. The number of fused-ring (bicyclic) bond motifs is 1. The molecule has 1 aromatic heterocycles. The molecular formula is C21H29N3O. The number of benzene rings is 1. The zero-order chi connectivity index (χ0) is 17.1. The second kappa shape index (κ2) is 7.61. The van der Waals surface area contributed by atoms with Crippen molar-refractivity contribution in [2.24, 2.45) is 0 Å². The van der Waals surface area contributed by atoms with Gasteiger partial charge in [0, 0.05) is 18.8 Å². The summed E-state index contributed by atoms with van der Waals surface area (Å²) in [6, 6.07) is 8.64. The summed E-state index contributed by atoms with van der Waals surface area (Å²) >= 11 is 0. The van der Waals surface area contributed by atoms with Crippen LogP contribution in [0.3, 0.4) is 0 Å². The highest BCUT2D eigenvalue weighted by Crippen LogP contribution is 2.25. The van der Waals surface area contributed by atoms with Gasteiger partial charge < -0.3 is 4.74 Å². The molecule has 0 saturated heterocycles. The molecular weight excluding hydrogens is 310 g/mol. The minimum atomic E-state index is 0.430. The molecule has 4 rings (SSSR count). The molecule has 0 atom stereocenters. The van der Waals surface area contributed by atoms with Gasteiger partial charge in [0.25, 0.3) is 0 Å². The van der Waals surface area contributed by atoms with Crippen LogP contribution in [0.25, 0.3) is 0 Å². The SMILES string of the molecule is CN(Cc1ccc(OC2CCCC2)cc1)Cc1n[nH]c2c1CCCC2. The number of nitrogens with one attached hydrogen (secondary N) is 1. The number of hydrogen-bond acceptors (Lipinski definition) is 3. The molecule has 2 aliphatic rings. The summed E-state index contributed by atoms with van der Waals surface area (Å²) in [5.41, 5.74) is 5.39. The third kappa shape index (κ3) is 4.06. The Kier molecular flexibility index (Phi) is 5.07. The van der Waals surface area contributed by atoms with Crippen molar-refractivity contribution in [1.82, 2.24) is 15.1 Å². The van der Waals surface area contributed by atoms with Crippen molar-refractivity contribution in [3.63, 3.8) is 0 Å². The summed E-state index contributed by atoms with van der Waals surface area (Å²) in [5.74, 6) is 1.01. The quantitative estimate of drug-likeness (QED) is 0.856. The summed E-state index contributed by atoms with van der Waals surface area (Å²) in [7, 11) is 2.17. The fourth-order valence-corrected chi connectivity index (χ4v) is 4.18. The number of rotatable bonds is 6. The van der Waals surface area contributed by atoms with Crippen LogP contribution < -0.4 is 4.74 Å². The number of aromatic nitrogens is 2. The molecule has 4 nitrogen and oxygen atoms in total. The molecule has 0 aliphatic heterocycles. The Morgan fingerprint density at radius 3 is 2.60 bits per heavy atom. The number of H-pyrrole nitrogens is 1. The number of aryl methyl sites for hydroxylation is 1. The van der Waals surface area contributed by atoms with E-state index in [-0.39, 0.29) is 0 Å². The molecule has 2 aliphatic carbocycles. The van der Waals surface area contributed by atoms with Crippen LogP contribution in [0.5, 0.6) is 5.75 Å². The van der Waals surface area contributed by atoms with Crippen molar-refractivity contribution in [2.45, 2.75) is 70.6 Å². The molecule has 1 aromatic carbocycles. The first-order chi connectivity index (χ1) is 12.3. The largest absolute Gasteiger partial charge is 0.490 e. The first kappa shape index (κ1) is 16.6. The van der Waals surface area contributed by atoms with E-state index in [4.69, 9.17) is 4.74 Å². The first-order valence-electron chi connectivity index (χ1n) is 9.77. The Bertz CT molecular complexity index is 686. The van der Waals surface area contributed by atoms with Gasteiger partial charge in [0.2, 0.25) is 0 Å². The Labute approximate surface area is 150 Å². The molecule has 1 saturated carbocycles. The van der Waals surface area contributed by atoms with Gasteiger partial charge in [0.1, 0.15) is 5.75 Å². The van der Waals surface area contributed by atoms with E-state index >= 15 is 0 Å². The van der Waals surface area contributed by atoms with Crippen LogP contribution in [0.4, 0.5) is 0 Å². The monoisotopic (exact) mass is 339 g/mol. The predicted octanol–water partition coefficient (Wildman–Crippen LogP) is 4.24. The number of ether oxygens (including phenoxy) is 1. The van der Waals surface area contributed by atoms with Crippen molar-refractivity contribution in [3.05, 3.63) is 46.8 Å². The minimum Gasteiger partial charge on any atom is -0.490 e. The van der Waals surface area contributed by atoms with E-state index in [9.17, 15) is 0 Å². The van der Waals surface area contributed by atoms with Crippen LogP contribution in [0, 0.1) is 0 Å². The van der Waals surface area contributed by atoms with Gasteiger partial charge in [-0.15, -0.1) is 0 Å². The van der Waals surface area contributed by atoms with E-state index in [0.717, 1.165) is 25.3 Å². The maximum atomic E-state index is 6.05. The van der Waals surface area contributed by atoms with Gasteiger partial charge in [-0.25, -0.2) is 0 Å². The van der Waals surface area contributed by atoms with Gasteiger partial charge in [-0.05, 0) is 81.7 Å². The van der Waals surface area contributed by atoms with Crippen LogP contribution in [-0.4, -0.2) is 28.2 Å². The fourth-order valence-electron chi connectivity index (χ4n) is 4.18. The lowest BCUT2D eigenvalue weighted by Crippen LogP contribution is -2.19. The maximum Gasteiger partial charge on any atom is 0.119 e. The lowest BCUT2D eigenvalue weighted by Gasteiger charge is -2.18. The molecule has 1 heterocycles. The fraction of sp³-hybridized carbons (Fsp3) is 0.571. The Hall–Kier alpha value is -1.81. The van der Waals surface area contributed by atoms with Crippen LogP contribution >= 0.6 is 0 Å². The third-order valence-electron chi connectivity index (χ3n) is 5.54. The molecule has 2 aromatic rings. The Morgan fingerprint density at radius 2 is 1.80 bits per heavy atom. The van der Waals surface area contributed by atoms with Crippen LogP contribution in [0.1, 0.15) is 61.0 Å². The molecule has 0 unspecified atom stereocenters. The highest BCUT2D eigenvalue weighted by molar-refractivity contribution is 5.29. The normalized spacial score (nSPS) is 17.8. The van der Waals surface area contributed by atoms with E-state index in [0.29, 0.717) is 6.10 Å². The van der Waals surface area contributed by atoms with E-state index in [1.165, 1.54) is 67.5 Å². The topological polar surface area (TPSA) is 41.1 Å². The van der Waals surface area contributed by atoms with Crippen molar-refractivity contribution in [1.29, 1.82) is 0 Å². The average Bonchev–Trinajstić information content (AvgIpc) is 3.27. The van der Waals surface area contributed by atoms with Gasteiger partial charge in [-0.2, -0.15) is 5.10 Å². The maximum absolute atomic E-state index is 6.05. The van der Waals surface area contributed by atoms with E-state index in [1.54, 1.807) is 0 Å². The summed E-state index contributed by atoms with van der Waals surface area (Å²) < 4.78 is 6.05. The van der Waals surface area contributed by atoms with Gasteiger partial charge in [-0.1, -0.05) is 12.1 Å². The second-order valence-electron chi connectivity index (χ2n) is 7.68. The molecule has 1 fully saturated rings. The lowest BCUT2D eigenvalue weighted by molar-refractivity contribution is 0.210. The highest BCUT2D eigenvalue weighted by Gasteiger charge is 2.18. The number of nitrogens with zero attached hydrogens (tertiary/aromatic N) is 2. The standard InChI is InChI=1S/C21H29N3O/c1-24(15-21-19-8-4-5-9-20(19)22-23-21)14-16-10-12-18(13-11-16)25-17-6-2-3-7-17/h10-13,17H,2-9,14-15H2,1H3,(H,22,23). The van der Waals surface area contributed by atoms with E-state index < -0.39 is 0 Å². The number of aromatic amines is 1. The van der Waals surface area contributed by atoms with E-state index in [2.05, 4.69) is 46.4 Å². The second-order valence-corrected chi connectivity index (χ2v) is 7.68. The molecule has 4 heteroatoms.